The highest BCUT2D eigenvalue weighted by Gasteiger charge is 2.20. The van der Waals surface area contributed by atoms with Gasteiger partial charge in [0.25, 0.3) is 0 Å². The molecule has 72 valence electrons. The van der Waals surface area contributed by atoms with Crippen molar-refractivity contribution in [1.82, 2.24) is 0 Å². The molecule has 0 rings (SSSR count). The molecule has 0 aliphatic heterocycles. The van der Waals surface area contributed by atoms with Crippen LogP contribution < -0.4 is 5.73 Å². The van der Waals surface area contributed by atoms with Gasteiger partial charge in [0, 0.05) is 0 Å². The van der Waals surface area contributed by atoms with Crippen molar-refractivity contribution in [3.63, 3.8) is 0 Å². The number of aliphatic hydroxyl groups excluding tert-OH is 1. The maximum atomic E-state index is 11.0. The molecule has 3 N–H and O–H groups in total. The summed E-state index contributed by atoms with van der Waals surface area (Å²) in [5.41, 5.74) is 5.32. The van der Waals surface area contributed by atoms with Gasteiger partial charge in [-0.1, -0.05) is 13.8 Å². The number of rotatable bonds is 4. The van der Waals surface area contributed by atoms with E-state index in [1.807, 2.05) is 13.8 Å². The van der Waals surface area contributed by atoms with Crippen LogP contribution >= 0.6 is 0 Å². The van der Waals surface area contributed by atoms with E-state index in [0.29, 0.717) is 6.61 Å². The van der Waals surface area contributed by atoms with Gasteiger partial charge in [0.1, 0.15) is 6.04 Å². The Balaban J connectivity index is 3.72. The summed E-state index contributed by atoms with van der Waals surface area (Å²) in [5.74, 6) is -0.256. The van der Waals surface area contributed by atoms with Gasteiger partial charge in [0.05, 0.1) is 12.7 Å². The van der Waals surface area contributed by atoms with Gasteiger partial charge in [-0.25, -0.2) is 0 Å². The van der Waals surface area contributed by atoms with Crippen molar-refractivity contribution in [1.29, 1.82) is 0 Å². The summed E-state index contributed by atoms with van der Waals surface area (Å²) >= 11 is 0. The lowest BCUT2D eigenvalue weighted by Crippen LogP contribution is -2.41. The summed E-state index contributed by atoms with van der Waals surface area (Å²) in [6, 6.07) is -0.927. The number of hydrogen-bond acceptors (Lipinski definition) is 4. The highest BCUT2D eigenvalue weighted by Crippen LogP contribution is 1.97. The summed E-state index contributed by atoms with van der Waals surface area (Å²) in [7, 11) is 0. The Morgan fingerprint density at radius 3 is 2.33 bits per heavy atom. The van der Waals surface area contributed by atoms with E-state index in [-0.39, 0.29) is 5.92 Å². The second kappa shape index (κ2) is 5.11. The Morgan fingerprint density at radius 1 is 1.50 bits per heavy atom. The molecule has 4 nitrogen and oxygen atoms in total. The molecule has 12 heavy (non-hydrogen) atoms. The van der Waals surface area contributed by atoms with E-state index in [2.05, 4.69) is 0 Å². The zero-order chi connectivity index (χ0) is 9.72. The van der Waals surface area contributed by atoms with Crippen molar-refractivity contribution in [3.05, 3.63) is 0 Å². The average Bonchev–Trinajstić information content (AvgIpc) is 1.98. The molecule has 0 fully saturated rings. The molecule has 0 spiro atoms. The van der Waals surface area contributed by atoms with E-state index in [4.69, 9.17) is 15.6 Å². The van der Waals surface area contributed by atoms with Gasteiger partial charge in [-0.2, -0.15) is 0 Å². The summed E-state index contributed by atoms with van der Waals surface area (Å²) < 4.78 is 4.80. The van der Waals surface area contributed by atoms with Crippen LogP contribution in [0.2, 0.25) is 0 Å². The monoisotopic (exact) mass is 175 g/mol. The lowest BCUT2D eigenvalue weighted by Gasteiger charge is -2.14. The zero-order valence-corrected chi connectivity index (χ0v) is 7.78. The van der Waals surface area contributed by atoms with Crippen molar-refractivity contribution in [3.8, 4) is 0 Å². The Kier molecular flexibility index (Phi) is 4.85. The number of carbonyl (C=O) groups is 1. The standard InChI is InChI=1S/C8H17NO3/c1-5(2)4-12-8(11)7(9)6(3)10/h5-7,10H,4,9H2,1-3H3. The summed E-state index contributed by atoms with van der Waals surface area (Å²) in [6.45, 7) is 5.67. The fourth-order valence-corrected chi connectivity index (χ4v) is 0.542. The van der Waals surface area contributed by atoms with Crippen LogP contribution in [0, 0.1) is 5.92 Å². The first-order valence-corrected chi connectivity index (χ1v) is 4.05. The molecule has 0 amide bonds. The molecule has 0 heterocycles. The average molecular weight is 175 g/mol. The lowest BCUT2D eigenvalue weighted by molar-refractivity contribution is -0.148. The molecule has 0 aliphatic rings. The van der Waals surface area contributed by atoms with Crippen LogP contribution in [0.5, 0.6) is 0 Å². The predicted molar refractivity (Wildman–Crippen MR) is 45.5 cm³/mol. The van der Waals surface area contributed by atoms with Crippen LogP contribution in [-0.2, 0) is 9.53 Å². The van der Waals surface area contributed by atoms with Gasteiger partial charge >= 0.3 is 5.97 Å². The van der Waals surface area contributed by atoms with Gasteiger partial charge in [-0.3, -0.25) is 4.79 Å². The van der Waals surface area contributed by atoms with E-state index in [1.165, 1.54) is 6.92 Å². The summed E-state index contributed by atoms with van der Waals surface area (Å²) in [5, 5.41) is 8.93. The van der Waals surface area contributed by atoms with Crippen molar-refractivity contribution in [2.24, 2.45) is 11.7 Å². The summed E-state index contributed by atoms with van der Waals surface area (Å²) in [4.78, 5) is 11.0. The quantitative estimate of drug-likeness (QED) is 0.585. The Labute approximate surface area is 72.7 Å². The third-order valence-electron chi connectivity index (χ3n) is 1.35. The van der Waals surface area contributed by atoms with Crippen molar-refractivity contribution < 1.29 is 14.6 Å². The number of carbonyl (C=O) groups excluding carboxylic acids is 1. The van der Waals surface area contributed by atoms with E-state index in [0.717, 1.165) is 0 Å². The first-order valence-electron chi connectivity index (χ1n) is 4.05. The molecule has 4 heteroatoms. The maximum absolute atomic E-state index is 11.0. The number of esters is 1. The minimum atomic E-state index is -0.927. The van der Waals surface area contributed by atoms with Crippen LogP contribution in [0.3, 0.4) is 0 Å². The molecule has 0 radical (unpaired) electrons. The smallest absolute Gasteiger partial charge is 0.325 e. The molecular weight excluding hydrogens is 158 g/mol. The molecule has 0 aromatic carbocycles. The summed E-state index contributed by atoms with van der Waals surface area (Å²) in [6.07, 6.45) is -0.857. The third kappa shape index (κ3) is 4.31. The van der Waals surface area contributed by atoms with Crippen LogP contribution in [0.25, 0.3) is 0 Å². The van der Waals surface area contributed by atoms with E-state index >= 15 is 0 Å². The molecule has 2 unspecified atom stereocenters. The first-order chi connectivity index (χ1) is 5.45. The largest absolute Gasteiger partial charge is 0.464 e. The molecule has 0 saturated heterocycles. The van der Waals surface area contributed by atoms with Gasteiger partial charge < -0.3 is 15.6 Å². The van der Waals surface area contributed by atoms with E-state index in [9.17, 15) is 4.79 Å². The van der Waals surface area contributed by atoms with Crippen LogP contribution in [0.4, 0.5) is 0 Å². The van der Waals surface area contributed by atoms with Crippen molar-refractivity contribution in [2.75, 3.05) is 6.61 Å². The highest BCUT2D eigenvalue weighted by atomic mass is 16.5. The topological polar surface area (TPSA) is 72.5 Å². The van der Waals surface area contributed by atoms with Crippen LogP contribution in [-0.4, -0.2) is 29.8 Å². The van der Waals surface area contributed by atoms with Crippen molar-refractivity contribution >= 4 is 5.97 Å². The molecule has 0 aromatic heterocycles. The molecule has 0 saturated carbocycles. The number of nitrogens with two attached hydrogens (primary N) is 1. The number of hydrogen-bond donors (Lipinski definition) is 2. The molecule has 0 aromatic rings. The second-order valence-corrected chi connectivity index (χ2v) is 3.29. The lowest BCUT2D eigenvalue weighted by atomic mass is 10.2. The molecule has 0 aliphatic carbocycles. The Hall–Kier alpha value is -0.610. The van der Waals surface area contributed by atoms with E-state index in [1.54, 1.807) is 0 Å². The zero-order valence-electron chi connectivity index (χ0n) is 7.78. The fourth-order valence-electron chi connectivity index (χ4n) is 0.542. The highest BCUT2D eigenvalue weighted by molar-refractivity contribution is 5.76. The Bertz CT molecular complexity index is 145. The maximum Gasteiger partial charge on any atom is 0.325 e. The molecule has 0 bridgehead atoms. The van der Waals surface area contributed by atoms with Crippen molar-refractivity contribution in [2.45, 2.75) is 32.9 Å². The van der Waals surface area contributed by atoms with Gasteiger partial charge in [0.15, 0.2) is 0 Å². The Morgan fingerprint density at radius 2 is 2.00 bits per heavy atom. The van der Waals surface area contributed by atoms with Gasteiger partial charge in [0.2, 0.25) is 0 Å². The molecular formula is C8H17NO3. The predicted octanol–water partition coefficient (Wildman–Crippen LogP) is -0.106. The fraction of sp³-hybridized carbons (Fsp3) is 0.875. The van der Waals surface area contributed by atoms with E-state index < -0.39 is 18.1 Å². The first kappa shape index (κ1) is 11.4. The van der Waals surface area contributed by atoms with Gasteiger partial charge in [-0.05, 0) is 12.8 Å². The number of aliphatic hydroxyl groups is 1. The third-order valence-corrected chi connectivity index (χ3v) is 1.35. The van der Waals surface area contributed by atoms with Crippen LogP contribution in [0.1, 0.15) is 20.8 Å². The second-order valence-electron chi connectivity index (χ2n) is 3.29. The number of ether oxygens (including phenoxy) is 1. The molecule has 2 atom stereocenters. The van der Waals surface area contributed by atoms with Crippen LogP contribution in [0.15, 0.2) is 0 Å². The normalized spacial score (nSPS) is 15.8. The minimum absolute atomic E-state index is 0.287. The minimum Gasteiger partial charge on any atom is -0.464 e. The van der Waals surface area contributed by atoms with Gasteiger partial charge in [-0.15, -0.1) is 0 Å². The SMILES string of the molecule is CC(C)COC(=O)C(N)C(C)O.